The third-order valence-electron chi connectivity index (χ3n) is 3.66. The van der Waals surface area contributed by atoms with Gasteiger partial charge in [-0.05, 0) is 31.5 Å². The summed E-state index contributed by atoms with van der Waals surface area (Å²) in [6.45, 7) is 2.34. The van der Waals surface area contributed by atoms with Gasteiger partial charge in [-0.25, -0.2) is 8.42 Å². The lowest BCUT2D eigenvalue weighted by atomic mass is 10.1. The third kappa shape index (κ3) is 2.94. The Morgan fingerprint density at radius 2 is 2.27 bits per heavy atom. The molecule has 1 aliphatic rings. The maximum absolute atomic E-state index is 12.3. The zero-order valence-electron chi connectivity index (χ0n) is 12.2. The molecule has 0 aliphatic carbocycles. The summed E-state index contributed by atoms with van der Waals surface area (Å²) in [5, 5.41) is 3.57. The molecule has 0 spiro atoms. The minimum Gasteiger partial charge on any atom is -0.493 e. The van der Waals surface area contributed by atoms with E-state index in [1.165, 1.54) is 0 Å². The maximum Gasteiger partial charge on any atom is 0.251 e. The van der Waals surface area contributed by atoms with Gasteiger partial charge in [-0.1, -0.05) is 0 Å². The maximum atomic E-state index is 12.3. The Labute approximate surface area is 128 Å². The van der Waals surface area contributed by atoms with Crippen LogP contribution < -0.4 is 10.1 Å². The van der Waals surface area contributed by atoms with E-state index in [4.69, 9.17) is 9.15 Å². The van der Waals surface area contributed by atoms with Crippen molar-refractivity contribution in [1.29, 1.82) is 0 Å². The Morgan fingerprint density at radius 3 is 2.95 bits per heavy atom. The lowest BCUT2D eigenvalue weighted by Gasteiger charge is -2.12. The van der Waals surface area contributed by atoms with Crippen LogP contribution in [0.1, 0.15) is 23.7 Å². The smallest absolute Gasteiger partial charge is 0.251 e. The van der Waals surface area contributed by atoms with E-state index in [0.29, 0.717) is 29.9 Å². The highest BCUT2D eigenvalue weighted by Crippen LogP contribution is 2.29. The van der Waals surface area contributed by atoms with Gasteiger partial charge in [0.2, 0.25) is 0 Å². The molecule has 1 aliphatic heterocycles. The molecular weight excluding hydrogens is 306 g/mol. The van der Waals surface area contributed by atoms with Crippen LogP contribution in [0.5, 0.6) is 5.75 Å². The Morgan fingerprint density at radius 1 is 1.45 bits per heavy atom. The zero-order chi connectivity index (χ0) is 15.7. The largest absolute Gasteiger partial charge is 0.493 e. The normalized spacial score (nSPS) is 20.1. The van der Waals surface area contributed by atoms with E-state index in [2.05, 4.69) is 5.32 Å². The van der Waals surface area contributed by atoms with Gasteiger partial charge in [0, 0.05) is 11.6 Å². The molecule has 0 bridgehead atoms. The first-order valence-corrected chi connectivity index (χ1v) is 8.96. The Bertz CT molecular complexity index is 808. The minimum atomic E-state index is -3.02. The first-order chi connectivity index (χ1) is 10.5. The highest BCUT2D eigenvalue weighted by molar-refractivity contribution is 7.91. The van der Waals surface area contributed by atoms with Crippen LogP contribution >= 0.6 is 0 Å². The summed E-state index contributed by atoms with van der Waals surface area (Å²) in [6.07, 6.45) is 1.99. The Hall–Kier alpha value is -2.02. The van der Waals surface area contributed by atoms with E-state index in [0.717, 1.165) is 5.39 Å². The Balaban J connectivity index is 1.84. The number of amides is 1. The first-order valence-electron chi connectivity index (χ1n) is 7.14. The number of carbonyl (C=O) groups is 1. The van der Waals surface area contributed by atoms with Crippen LogP contribution in [-0.2, 0) is 9.84 Å². The fourth-order valence-corrected chi connectivity index (χ4v) is 4.30. The summed E-state index contributed by atoms with van der Waals surface area (Å²) in [4.78, 5) is 12.3. The Kier molecular flexibility index (Phi) is 3.82. The number of hydrogen-bond donors (Lipinski definition) is 1. The fourth-order valence-electron chi connectivity index (χ4n) is 2.62. The van der Waals surface area contributed by atoms with E-state index >= 15 is 0 Å². The molecule has 118 valence electrons. The lowest BCUT2D eigenvalue weighted by Crippen LogP contribution is -2.35. The second-order valence-corrected chi connectivity index (χ2v) is 7.54. The number of ether oxygens (including phenoxy) is 1. The number of hydrogen-bond acceptors (Lipinski definition) is 5. The molecule has 0 unspecified atom stereocenters. The quantitative estimate of drug-likeness (QED) is 0.926. The lowest BCUT2D eigenvalue weighted by molar-refractivity contribution is 0.0940. The summed E-state index contributed by atoms with van der Waals surface area (Å²) in [6, 6.07) is 4.74. The van der Waals surface area contributed by atoms with Gasteiger partial charge >= 0.3 is 0 Å². The van der Waals surface area contributed by atoms with Crippen LogP contribution in [0, 0.1) is 0 Å². The predicted octanol–water partition coefficient (Wildman–Crippen LogP) is 1.75. The number of carbonyl (C=O) groups excluding carboxylic acids is 1. The van der Waals surface area contributed by atoms with Crippen LogP contribution in [0.2, 0.25) is 0 Å². The van der Waals surface area contributed by atoms with Crippen molar-refractivity contribution >= 4 is 26.7 Å². The second-order valence-electron chi connectivity index (χ2n) is 5.31. The predicted molar refractivity (Wildman–Crippen MR) is 81.9 cm³/mol. The molecule has 0 radical (unpaired) electrons. The summed E-state index contributed by atoms with van der Waals surface area (Å²) >= 11 is 0. The van der Waals surface area contributed by atoms with Crippen LogP contribution in [0.3, 0.4) is 0 Å². The van der Waals surface area contributed by atoms with Gasteiger partial charge in [-0.2, -0.15) is 0 Å². The molecule has 22 heavy (non-hydrogen) atoms. The number of benzene rings is 1. The molecule has 1 saturated heterocycles. The van der Waals surface area contributed by atoms with E-state index in [1.807, 2.05) is 6.92 Å². The number of rotatable bonds is 4. The van der Waals surface area contributed by atoms with E-state index in [1.54, 1.807) is 24.5 Å². The van der Waals surface area contributed by atoms with E-state index in [9.17, 15) is 13.2 Å². The van der Waals surface area contributed by atoms with Crippen molar-refractivity contribution in [2.24, 2.45) is 0 Å². The molecule has 1 aromatic heterocycles. The molecular formula is C15H17NO5S. The summed E-state index contributed by atoms with van der Waals surface area (Å²) < 4.78 is 33.8. The highest BCUT2D eigenvalue weighted by atomic mass is 32.2. The fraction of sp³-hybridized carbons (Fsp3) is 0.400. The first kappa shape index (κ1) is 14.9. The van der Waals surface area contributed by atoms with E-state index < -0.39 is 9.84 Å². The highest BCUT2D eigenvalue weighted by Gasteiger charge is 2.29. The van der Waals surface area contributed by atoms with Gasteiger partial charge in [-0.3, -0.25) is 4.79 Å². The average molecular weight is 323 g/mol. The van der Waals surface area contributed by atoms with Crippen LogP contribution in [0.25, 0.3) is 11.0 Å². The molecule has 1 atom stereocenters. The van der Waals surface area contributed by atoms with Crippen molar-refractivity contribution in [3.63, 3.8) is 0 Å². The molecule has 2 heterocycles. The molecule has 2 aromatic rings. The van der Waals surface area contributed by atoms with Crippen molar-refractivity contribution in [2.75, 3.05) is 18.1 Å². The number of nitrogens with one attached hydrogen (secondary N) is 1. The summed E-state index contributed by atoms with van der Waals surface area (Å²) in [5.41, 5.74) is 0.963. The van der Waals surface area contributed by atoms with Crippen LogP contribution in [0.15, 0.2) is 28.9 Å². The molecule has 6 nitrogen and oxygen atoms in total. The molecule has 1 N–H and O–H groups in total. The summed E-state index contributed by atoms with van der Waals surface area (Å²) in [5.74, 6) is 0.388. The minimum absolute atomic E-state index is 0.0000530. The van der Waals surface area contributed by atoms with Gasteiger partial charge in [0.1, 0.15) is 11.3 Å². The van der Waals surface area contributed by atoms with Gasteiger partial charge in [0.05, 0.1) is 29.8 Å². The van der Waals surface area contributed by atoms with Gasteiger partial charge in [-0.15, -0.1) is 0 Å². The van der Waals surface area contributed by atoms with Crippen LogP contribution in [-0.4, -0.2) is 38.5 Å². The standard InChI is InChI=1S/C15H17NO5S/c1-2-20-13-7-10(8-14-12(13)3-5-21-14)15(17)16-11-4-6-22(18,19)9-11/h3,5,7-8,11H,2,4,6,9H2,1H3,(H,16,17)/t11-/m0/s1. The van der Waals surface area contributed by atoms with E-state index in [-0.39, 0.29) is 23.5 Å². The SMILES string of the molecule is CCOc1cc(C(=O)N[C@H]2CCS(=O)(=O)C2)cc2occc12. The van der Waals surface area contributed by atoms with Crippen molar-refractivity contribution in [2.45, 2.75) is 19.4 Å². The zero-order valence-corrected chi connectivity index (χ0v) is 13.0. The third-order valence-corrected chi connectivity index (χ3v) is 5.43. The van der Waals surface area contributed by atoms with Crippen molar-refractivity contribution < 1.29 is 22.4 Å². The summed E-state index contributed by atoms with van der Waals surface area (Å²) in [7, 11) is -3.02. The molecule has 1 aromatic carbocycles. The number of fused-ring (bicyclic) bond motifs is 1. The van der Waals surface area contributed by atoms with Crippen molar-refractivity contribution in [1.82, 2.24) is 5.32 Å². The molecule has 1 amide bonds. The number of furan rings is 1. The average Bonchev–Trinajstić information content (AvgIpc) is 3.05. The van der Waals surface area contributed by atoms with Gasteiger partial charge in [0.15, 0.2) is 9.84 Å². The van der Waals surface area contributed by atoms with Crippen molar-refractivity contribution in [3.8, 4) is 5.75 Å². The monoisotopic (exact) mass is 323 g/mol. The number of sulfone groups is 1. The second kappa shape index (κ2) is 5.64. The topological polar surface area (TPSA) is 85.6 Å². The van der Waals surface area contributed by atoms with Gasteiger partial charge in [0.25, 0.3) is 5.91 Å². The molecule has 1 fully saturated rings. The van der Waals surface area contributed by atoms with Crippen LogP contribution in [0.4, 0.5) is 0 Å². The van der Waals surface area contributed by atoms with Crippen molar-refractivity contribution in [3.05, 3.63) is 30.0 Å². The molecule has 3 rings (SSSR count). The van der Waals surface area contributed by atoms with Gasteiger partial charge < -0.3 is 14.5 Å². The molecule has 7 heteroatoms. The molecule has 0 saturated carbocycles.